The molecule has 7 nitrogen and oxygen atoms in total. The van der Waals surface area contributed by atoms with Crippen LogP contribution >= 0.6 is 0 Å². The summed E-state index contributed by atoms with van der Waals surface area (Å²) in [7, 11) is -0.289. The fraction of sp³-hybridized carbons (Fsp3) is 0.474. The zero-order valence-corrected chi connectivity index (χ0v) is 17.3. The van der Waals surface area contributed by atoms with Crippen LogP contribution in [0.5, 0.6) is 0 Å². The largest absolute Gasteiger partial charge is 0.469 e. The van der Waals surface area contributed by atoms with Gasteiger partial charge in [-0.05, 0) is 30.5 Å². The number of nitrogens with zero attached hydrogens (tertiary/aromatic N) is 2. The fourth-order valence-electron chi connectivity index (χ4n) is 3.80. The second-order valence-electron chi connectivity index (χ2n) is 7.15. The van der Waals surface area contributed by atoms with E-state index in [2.05, 4.69) is 9.84 Å². The number of benzene rings is 1. The number of aromatic nitrogens is 2. The summed E-state index contributed by atoms with van der Waals surface area (Å²) in [6, 6.07) is 3.10. The first kappa shape index (κ1) is 22.3. The van der Waals surface area contributed by atoms with Crippen LogP contribution < -0.4 is 0 Å². The van der Waals surface area contributed by atoms with Crippen molar-refractivity contribution >= 4 is 15.8 Å². The molecular formula is C19H21F3N2O5S. The maximum absolute atomic E-state index is 13.8. The number of rotatable bonds is 5. The highest BCUT2D eigenvalue weighted by atomic mass is 32.2. The normalized spacial score (nSPS) is 22.3. The Bertz CT molecular complexity index is 1050. The van der Waals surface area contributed by atoms with Gasteiger partial charge in [0, 0.05) is 25.9 Å². The molecule has 0 spiro atoms. The van der Waals surface area contributed by atoms with Crippen molar-refractivity contribution in [2.24, 2.45) is 13.0 Å². The maximum atomic E-state index is 13.8. The summed E-state index contributed by atoms with van der Waals surface area (Å²) in [6.07, 6.45) is -2.98. The molecule has 0 amide bonds. The van der Waals surface area contributed by atoms with Gasteiger partial charge in [0.05, 0.1) is 41.0 Å². The molecule has 0 aliphatic heterocycles. The number of methoxy groups -OCH3 is 2. The Morgan fingerprint density at radius 3 is 2.43 bits per heavy atom. The van der Waals surface area contributed by atoms with E-state index < -0.39 is 49.7 Å². The molecule has 11 heteroatoms. The monoisotopic (exact) mass is 446 g/mol. The Kier molecular flexibility index (Phi) is 5.96. The minimum atomic E-state index is -4.89. The molecule has 1 aliphatic carbocycles. The number of carbonyl (C=O) groups excluding carboxylic acids is 1. The Hall–Kier alpha value is -2.40. The van der Waals surface area contributed by atoms with Crippen molar-refractivity contribution in [3.05, 3.63) is 36.2 Å². The number of hydrogen-bond donors (Lipinski definition) is 0. The van der Waals surface area contributed by atoms with Crippen LogP contribution in [0.25, 0.3) is 11.1 Å². The average Bonchev–Trinajstić information content (AvgIpc) is 3.33. The third-order valence-corrected chi connectivity index (χ3v) is 7.57. The predicted molar refractivity (Wildman–Crippen MR) is 100 cm³/mol. The lowest BCUT2D eigenvalue weighted by Crippen LogP contribution is -2.25. The van der Waals surface area contributed by atoms with Crippen LogP contribution in [0.1, 0.15) is 18.4 Å². The molecule has 3 atom stereocenters. The van der Waals surface area contributed by atoms with Crippen molar-refractivity contribution in [3.8, 4) is 11.1 Å². The summed E-state index contributed by atoms with van der Waals surface area (Å²) < 4.78 is 78.9. The highest BCUT2D eigenvalue weighted by molar-refractivity contribution is 7.92. The lowest BCUT2D eigenvalue weighted by atomic mass is 10.1. The first-order valence-electron chi connectivity index (χ1n) is 9.03. The minimum absolute atomic E-state index is 0.0970. The first-order valence-corrected chi connectivity index (χ1v) is 10.6. The molecular weight excluding hydrogens is 425 g/mol. The van der Waals surface area contributed by atoms with E-state index in [0.717, 1.165) is 19.2 Å². The van der Waals surface area contributed by atoms with E-state index in [9.17, 15) is 26.4 Å². The van der Waals surface area contributed by atoms with E-state index in [1.807, 2.05) is 0 Å². The van der Waals surface area contributed by atoms with Crippen LogP contribution in [0.4, 0.5) is 13.2 Å². The lowest BCUT2D eigenvalue weighted by molar-refractivity contribution is -0.149. The SMILES string of the molecule is COC(=O)[C@H]1C[C@H](S(=O)(=O)c2ccc(-c3cnn(C)c3)cc2C(F)(F)F)C[C@@H]1OC. The number of alkyl halides is 3. The molecule has 30 heavy (non-hydrogen) atoms. The zero-order valence-electron chi connectivity index (χ0n) is 16.5. The van der Waals surface area contributed by atoms with Gasteiger partial charge in [-0.3, -0.25) is 9.48 Å². The Morgan fingerprint density at radius 1 is 1.20 bits per heavy atom. The smallest absolute Gasteiger partial charge is 0.417 e. The molecule has 0 N–H and O–H groups in total. The summed E-state index contributed by atoms with van der Waals surface area (Å²) in [5.74, 6) is -1.51. The number of hydrogen-bond acceptors (Lipinski definition) is 6. The Morgan fingerprint density at radius 2 is 1.90 bits per heavy atom. The molecule has 0 unspecified atom stereocenters. The van der Waals surface area contributed by atoms with Crippen LogP contribution in [0.3, 0.4) is 0 Å². The van der Waals surface area contributed by atoms with Crippen molar-refractivity contribution in [3.63, 3.8) is 0 Å². The van der Waals surface area contributed by atoms with Gasteiger partial charge in [-0.1, -0.05) is 6.07 Å². The van der Waals surface area contributed by atoms with Gasteiger partial charge in [0.2, 0.25) is 0 Å². The second kappa shape index (κ2) is 8.03. The van der Waals surface area contributed by atoms with Crippen molar-refractivity contribution in [2.75, 3.05) is 14.2 Å². The first-order chi connectivity index (χ1) is 14.0. The number of aryl methyl sites for hydroxylation is 1. The lowest BCUT2D eigenvalue weighted by Gasteiger charge is -2.18. The van der Waals surface area contributed by atoms with Gasteiger partial charge in [0.1, 0.15) is 0 Å². The third-order valence-electron chi connectivity index (χ3n) is 5.34. The molecule has 1 saturated carbocycles. The van der Waals surface area contributed by atoms with Gasteiger partial charge in [0.25, 0.3) is 0 Å². The van der Waals surface area contributed by atoms with Crippen molar-refractivity contribution in [1.82, 2.24) is 9.78 Å². The molecule has 1 aromatic carbocycles. The standard InChI is InChI=1S/C19H21F3N2O5S/c1-24-10-12(9-23-24)11-4-5-17(15(6-11)19(20,21)22)30(26,27)13-7-14(18(25)29-3)16(8-13)28-2/h4-6,9-10,13-14,16H,7-8H2,1-3H3/t13-,14-,16-/m0/s1. The molecule has 1 fully saturated rings. The predicted octanol–water partition coefficient (Wildman–Crippen LogP) is 2.85. The van der Waals surface area contributed by atoms with E-state index in [4.69, 9.17) is 4.74 Å². The van der Waals surface area contributed by atoms with Crippen molar-refractivity contribution < 1.29 is 35.9 Å². The van der Waals surface area contributed by atoms with Gasteiger partial charge in [-0.2, -0.15) is 18.3 Å². The van der Waals surface area contributed by atoms with Gasteiger partial charge < -0.3 is 9.47 Å². The summed E-state index contributed by atoms with van der Waals surface area (Å²) in [5.41, 5.74) is -0.625. The number of sulfone groups is 1. The number of carbonyl (C=O) groups is 1. The van der Waals surface area contributed by atoms with Gasteiger partial charge in [-0.25, -0.2) is 8.42 Å². The van der Waals surface area contributed by atoms with Gasteiger partial charge >= 0.3 is 12.1 Å². The van der Waals surface area contributed by atoms with E-state index in [1.165, 1.54) is 30.3 Å². The van der Waals surface area contributed by atoms with Crippen LogP contribution in [-0.2, 0) is 37.3 Å². The van der Waals surface area contributed by atoms with E-state index in [1.54, 1.807) is 7.05 Å². The second-order valence-corrected chi connectivity index (χ2v) is 9.35. The summed E-state index contributed by atoms with van der Waals surface area (Å²) in [4.78, 5) is 11.1. The zero-order chi connectivity index (χ0) is 22.3. The van der Waals surface area contributed by atoms with Crippen LogP contribution in [0.15, 0.2) is 35.5 Å². The summed E-state index contributed by atoms with van der Waals surface area (Å²) in [5, 5.41) is 2.73. The Balaban J connectivity index is 2.04. The van der Waals surface area contributed by atoms with Crippen molar-refractivity contribution in [1.29, 1.82) is 0 Å². The highest BCUT2D eigenvalue weighted by Crippen LogP contribution is 2.42. The summed E-state index contributed by atoms with van der Waals surface area (Å²) in [6.45, 7) is 0. The third kappa shape index (κ3) is 4.08. The van der Waals surface area contributed by atoms with E-state index >= 15 is 0 Å². The van der Waals surface area contributed by atoms with Crippen LogP contribution in [0.2, 0.25) is 0 Å². The molecule has 0 bridgehead atoms. The molecule has 1 heterocycles. The molecule has 164 valence electrons. The highest BCUT2D eigenvalue weighted by Gasteiger charge is 2.48. The van der Waals surface area contributed by atoms with E-state index in [-0.39, 0.29) is 18.4 Å². The Labute approximate surface area is 171 Å². The van der Waals surface area contributed by atoms with Crippen LogP contribution in [0, 0.1) is 5.92 Å². The van der Waals surface area contributed by atoms with Crippen molar-refractivity contribution in [2.45, 2.75) is 35.3 Å². The topological polar surface area (TPSA) is 87.5 Å². The molecule has 1 aliphatic rings. The number of ether oxygens (including phenoxy) is 2. The van der Waals surface area contributed by atoms with E-state index in [0.29, 0.717) is 5.56 Å². The molecule has 0 radical (unpaired) electrons. The molecule has 1 aromatic heterocycles. The molecule has 0 saturated heterocycles. The summed E-state index contributed by atoms with van der Waals surface area (Å²) >= 11 is 0. The molecule has 2 aromatic rings. The number of halogens is 3. The van der Waals surface area contributed by atoms with Gasteiger partial charge in [0.15, 0.2) is 9.84 Å². The quantitative estimate of drug-likeness (QED) is 0.657. The maximum Gasteiger partial charge on any atom is 0.417 e. The van der Waals surface area contributed by atoms with Crippen LogP contribution in [-0.4, -0.2) is 49.7 Å². The van der Waals surface area contributed by atoms with Gasteiger partial charge in [-0.15, -0.1) is 0 Å². The average molecular weight is 446 g/mol. The molecule has 3 rings (SSSR count). The number of esters is 1. The fourth-order valence-corrected chi connectivity index (χ4v) is 5.80. The minimum Gasteiger partial charge on any atom is -0.469 e.